The molecule has 200 valence electrons. The molecular weight excluding hydrogens is 488 g/mol. The van der Waals surface area contributed by atoms with E-state index in [1.807, 2.05) is 19.1 Å². The number of aromatic nitrogens is 1. The SMILES string of the molecule is CCCc1nc2c(C(=O)N[C@@H](Cc3cc(F)cc(F)c3)[C@@H](O)CNCc3cccc(CC)c3)cccc2o1. The molecule has 4 rings (SSSR count). The van der Waals surface area contributed by atoms with Gasteiger partial charge in [-0.05, 0) is 60.2 Å². The molecule has 0 fully saturated rings. The van der Waals surface area contributed by atoms with Gasteiger partial charge in [-0.1, -0.05) is 44.2 Å². The summed E-state index contributed by atoms with van der Waals surface area (Å²) in [4.78, 5) is 17.8. The van der Waals surface area contributed by atoms with Gasteiger partial charge in [0.05, 0.1) is 17.7 Å². The smallest absolute Gasteiger partial charge is 0.253 e. The van der Waals surface area contributed by atoms with Crippen LogP contribution in [-0.4, -0.2) is 34.7 Å². The minimum absolute atomic E-state index is 0.0322. The van der Waals surface area contributed by atoms with E-state index in [-0.39, 0.29) is 13.0 Å². The van der Waals surface area contributed by atoms with Crippen LogP contribution >= 0.6 is 0 Å². The molecule has 0 aliphatic rings. The largest absolute Gasteiger partial charge is 0.441 e. The molecule has 1 amide bonds. The van der Waals surface area contributed by atoms with Crippen LogP contribution in [0, 0.1) is 11.6 Å². The predicted molar refractivity (Wildman–Crippen MR) is 143 cm³/mol. The first-order valence-corrected chi connectivity index (χ1v) is 13.0. The van der Waals surface area contributed by atoms with Gasteiger partial charge in [-0.3, -0.25) is 4.79 Å². The summed E-state index contributed by atoms with van der Waals surface area (Å²) in [5.41, 5.74) is 3.86. The average Bonchev–Trinajstić information content (AvgIpc) is 3.30. The molecule has 0 unspecified atom stereocenters. The zero-order valence-corrected chi connectivity index (χ0v) is 21.6. The molecule has 0 saturated heterocycles. The fourth-order valence-electron chi connectivity index (χ4n) is 4.48. The number of para-hydroxylation sites is 1. The fraction of sp³-hybridized carbons (Fsp3) is 0.333. The number of hydrogen-bond acceptors (Lipinski definition) is 5. The van der Waals surface area contributed by atoms with E-state index in [1.54, 1.807) is 18.2 Å². The van der Waals surface area contributed by atoms with Gasteiger partial charge >= 0.3 is 0 Å². The first kappa shape index (κ1) is 27.4. The maximum atomic E-state index is 13.9. The van der Waals surface area contributed by atoms with Gasteiger partial charge in [0.2, 0.25) is 0 Å². The second-order valence-electron chi connectivity index (χ2n) is 9.44. The number of amides is 1. The highest BCUT2D eigenvalue weighted by atomic mass is 19.1. The summed E-state index contributed by atoms with van der Waals surface area (Å²) in [5, 5.41) is 17.2. The van der Waals surface area contributed by atoms with Crippen LogP contribution in [0.25, 0.3) is 11.1 Å². The highest BCUT2D eigenvalue weighted by Crippen LogP contribution is 2.21. The predicted octanol–water partition coefficient (Wildman–Crippen LogP) is 5.11. The molecule has 0 radical (unpaired) electrons. The Morgan fingerprint density at radius 3 is 2.47 bits per heavy atom. The van der Waals surface area contributed by atoms with E-state index in [0.717, 1.165) is 24.5 Å². The second-order valence-corrected chi connectivity index (χ2v) is 9.44. The fourth-order valence-corrected chi connectivity index (χ4v) is 4.48. The first-order valence-electron chi connectivity index (χ1n) is 13.0. The van der Waals surface area contributed by atoms with E-state index >= 15 is 0 Å². The Bertz CT molecular complexity index is 1370. The normalized spacial score (nSPS) is 13.0. The molecule has 3 aromatic carbocycles. The molecule has 0 saturated carbocycles. The molecule has 3 N–H and O–H groups in total. The van der Waals surface area contributed by atoms with Gasteiger partial charge in [-0.25, -0.2) is 13.8 Å². The van der Waals surface area contributed by atoms with Gasteiger partial charge in [0.25, 0.3) is 5.91 Å². The molecule has 2 atom stereocenters. The topological polar surface area (TPSA) is 87.4 Å². The molecule has 1 aromatic heterocycles. The van der Waals surface area contributed by atoms with Crippen LogP contribution in [-0.2, 0) is 25.8 Å². The number of fused-ring (bicyclic) bond motifs is 1. The molecule has 8 heteroatoms. The van der Waals surface area contributed by atoms with Crippen LogP contribution in [0.5, 0.6) is 0 Å². The number of hydrogen-bond donors (Lipinski definition) is 3. The van der Waals surface area contributed by atoms with E-state index in [2.05, 4.69) is 34.7 Å². The summed E-state index contributed by atoms with van der Waals surface area (Å²) in [6, 6.07) is 15.6. The molecule has 0 spiro atoms. The quantitative estimate of drug-likeness (QED) is 0.241. The second kappa shape index (κ2) is 12.8. The molecule has 0 bridgehead atoms. The zero-order valence-electron chi connectivity index (χ0n) is 21.6. The van der Waals surface area contributed by atoms with Gasteiger partial charge in [0.1, 0.15) is 17.2 Å². The number of nitrogens with one attached hydrogen (secondary N) is 2. The highest BCUT2D eigenvalue weighted by Gasteiger charge is 2.25. The minimum atomic E-state index is -1.04. The van der Waals surface area contributed by atoms with Gasteiger partial charge in [0, 0.05) is 25.6 Å². The van der Waals surface area contributed by atoms with Crippen molar-refractivity contribution in [3.05, 3.63) is 100 Å². The Labute approximate surface area is 221 Å². The van der Waals surface area contributed by atoms with Crippen molar-refractivity contribution in [2.45, 2.75) is 58.2 Å². The maximum absolute atomic E-state index is 13.9. The summed E-state index contributed by atoms with van der Waals surface area (Å²) in [6.45, 7) is 4.79. The van der Waals surface area contributed by atoms with Gasteiger partial charge in [0.15, 0.2) is 11.5 Å². The number of aliphatic hydroxyl groups is 1. The van der Waals surface area contributed by atoms with E-state index < -0.39 is 29.7 Å². The monoisotopic (exact) mass is 521 g/mol. The summed E-state index contributed by atoms with van der Waals surface area (Å²) in [7, 11) is 0. The van der Waals surface area contributed by atoms with Gasteiger partial charge in [-0.15, -0.1) is 0 Å². The third kappa shape index (κ3) is 7.02. The lowest BCUT2D eigenvalue weighted by atomic mass is 9.99. The van der Waals surface area contributed by atoms with E-state index in [0.29, 0.717) is 41.1 Å². The summed E-state index contributed by atoms with van der Waals surface area (Å²) in [6.07, 6.45) is 1.42. The third-order valence-electron chi connectivity index (χ3n) is 6.41. The van der Waals surface area contributed by atoms with E-state index in [4.69, 9.17) is 4.42 Å². The van der Waals surface area contributed by atoms with Crippen LogP contribution in [0.2, 0.25) is 0 Å². The Morgan fingerprint density at radius 2 is 1.74 bits per heavy atom. The number of benzene rings is 3. The molecule has 6 nitrogen and oxygen atoms in total. The van der Waals surface area contributed by atoms with Gasteiger partial charge < -0.3 is 20.2 Å². The van der Waals surface area contributed by atoms with Crippen LogP contribution in [0.15, 0.2) is 65.1 Å². The van der Waals surface area contributed by atoms with Crippen LogP contribution in [0.1, 0.15) is 53.2 Å². The van der Waals surface area contributed by atoms with Crippen LogP contribution < -0.4 is 10.6 Å². The van der Waals surface area contributed by atoms with Crippen LogP contribution in [0.3, 0.4) is 0 Å². The average molecular weight is 522 g/mol. The lowest BCUT2D eigenvalue weighted by Gasteiger charge is -2.25. The van der Waals surface area contributed by atoms with Crippen molar-refractivity contribution in [2.24, 2.45) is 0 Å². The maximum Gasteiger partial charge on any atom is 0.253 e. The molecule has 4 aromatic rings. The van der Waals surface area contributed by atoms with Crippen molar-refractivity contribution in [2.75, 3.05) is 6.54 Å². The first-order chi connectivity index (χ1) is 18.4. The molecule has 38 heavy (non-hydrogen) atoms. The number of carbonyl (C=O) groups is 1. The van der Waals surface area contributed by atoms with Crippen molar-refractivity contribution in [3.63, 3.8) is 0 Å². The standard InChI is InChI=1S/C30H33F2N3O3/c1-3-7-28-35-29-24(10-6-11-27(29)38-28)30(37)34-25(15-21-13-22(31)16-23(32)14-21)26(36)18-33-17-20-9-5-8-19(4-2)12-20/h5-6,8-14,16,25-26,33,36H,3-4,7,15,17-18H2,1-2H3,(H,34,37)/t25-,26-/m0/s1. The molecule has 0 aliphatic carbocycles. The van der Waals surface area contributed by atoms with Crippen molar-refractivity contribution in [3.8, 4) is 0 Å². The Kier molecular flexibility index (Phi) is 9.20. The third-order valence-corrected chi connectivity index (χ3v) is 6.41. The van der Waals surface area contributed by atoms with Crippen molar-refractivity contribution < 1.29 is 23.1 Å². The lowest BCUT2D eigenvalue weighted by Crippen LogP contribution is -2.48. The summed E-state index contributed by atoms with van der Waals surface area (Å²) in [5.74, 6) is -1.34. The lowest BCUT2D eigenvalue weighted by molar-refractivity contribution is 0.0831. The number of carbonyl (C=O) groups excluding carboxylic acids is 1. The van der Waals surface area contributed by atoms with Gasteiger partial charge in [-0.2, -0.15) is 0 Å². The molecule has 1 heterocycles. The number of nitrogens with zero attached hydrogens (tertiary/aromatic N) is 1. The van der Waals surface area contributed by atoms with E-state index in [1.165, 1.54) is 17.7 Å². The van der Waals surface area contributed by atoms with Crippen molar-refractivity contribution >= 4 is 17.0 Å². The highest BCUT2D eigenvalue weighted by molar-refractivity contribution is 6.04. The van der Waals surface area contributed by atoms with Crippen molar-refractivity contribution in [1.29, 1.82) is 0 Å². The number of aryl methyl sites for hydroxylation is 2. The Morgan fingerprint density at radius 1 is 1.00 bits per heavy atom. The number of halogens is 2. The zero-order chi connectivity index (χ0) is 27.1. The summed E-state index contributed by atoms with van der Waals surface area (Å²) >= 11 is 0. The summed E-state index contributed by atoms with van der Waals surface area (Å²) < 4.78 is 33.5. The Balaban J connectivity index is 1.52. The van der Waals surface area contributed by atoms with Crippen LogP contribution in [0.4, 0.5) is 8.78 Å². The molecule has 0 aliphatic heterocycles. The number of aliphatic hydroxyl groups excluding tert-OH is 1. The molecular formula is C30H33F2N3O3. The number of oxazole rings is 1. The number of rotatable bonds is 12. The Hall–Kier alpha value is -3.62. The van der Waals surface area contributed by atoms with Crippen molar-refractivity contribution in [1.82, 2.24) is 15.6 Å². The minimum Gasteiger partial charge on any atom is -0.441 e. The van der Waals surface area contributed by atoms with E-state index in [9.17, 15) is 18.7 Å².